The van der Waals surface area contributed by atoms with Crippen LogP contribution in [0.5, 0.6) is 0 Å². The van der Waals surface area contributed by atoms with E-state index in [1.54, 1.807) is 11.8 Å². The Hall–Kier alpha value is -0.950. The third kappa shape index (κ3) is 4.02. The lowest BCUT2D eigenvalue weighted by atomic mass is 9.93. The lowest BCUT2D eigenvalue weighted by Gasteiger charge is -2.25. The van der Waals surface area contributed by atoms with Gasteiger partial charge in [-0.3, -0.25) is 4.79 Å². The van der Waals surface area contributed by atoms with Crippen LogP contribution in [-0.2, 0) is 0 Å². The van der Waals surface area contributed by atoms with Crippen LogP contribution in [-0.4, -0.2) is 35.5 Å². The lowest BCUT2D eigenvalue weighted by Crippen LogP contribution is -2.29. The number of thiazole rings is 1. The Balaban J connectivity index is 1.88. The van der Waals surface area contributed by atoms with E-state index in [0.717, 1.165) is 10.9 Å². The molecule has 7 heteroatoms. The van der Waals surface area contributed by atoms with Gasteiger partial charge in [-0.2, -0.15) is 11.8 Å². The molecule has 0 radical (unpaired) electrons. The second-order valence-electron chi connectivity index (χ2n) is 5.28. The van der Waals surface area contributed by atoms with Crippen molar-refractivity contribution in [1.29, 1.82) is 0 Å². The number of hydrogen-bond donors (Lipinski definition) is 3. The van der Waals surface area contributed by atoms with Gasteiger partial charge in [0.1, 0.15) is 10.7 Å². The predicted octanol–water partition coefficient (Wildman–Crippen LogP) is 2.42. The number of nitrogen functional groups attached to an aromatic ring is 1. The van der Waals surface area contributed by atoms with Crippen molar-refractivity contribution in [2.45, 2.75) is 32.2 Å². The highest BCUT2D eigenvalue weighted by molar-refractivity contribution is 7.98. The third-order valence-electron chi connectivity index (χ3n) is 3.35. The molecule has 0 spiro atoms. The lowest BCUT2D eigenvalue weighted by molar-refractivity contribution is 0.0954. The maximum Gasteiger partial charge on any atom is 0.265 e. The fourth-order valence-electron chi connectivity index (χ4n) is 1.97. The fraction of sp³-hybridized carbons (Fsp3) is 0.692. The van der Waals surface area contributed by atoms with Crippen LogP contribution in [0.15, 0.2) is 0 Å². The van der Waals surface area contributed by atoms with Crippen LogP contribution in [0.3, 0.4) is 0 Å². The van der Waals surface area contributed by atoms with Gasteiger partial charge in [0, 0.05) is 12.6 Å². The number of amides is 1. The van der Waals surface area contributed by atoms with Gasteiger partial charge in [-0.05, 0) is 37.2 Å². The average Bonchev–Trinajstić information content (AvgIpc) is 2.73. The zero-order valence-electron chi connectivity index (χ0n) is 11.9. The van der Waals surface area contributed by atoms with Crippen LogP contribution in [0.4, 0.5) is 10.9 Å². The summed E-state index contributed by atoms with van der Waals surface area (Å²) in [7, 11) is 0. The Morgan fingerprint density at radius 1 is 1.60 bits per heavy atom. The van der Waals surface area contributed by atoms with Gasteiger partial charge in [0.25, 0.3) is 5.91 Å². The number of hydrogen-bond acceptors (Lipinski definition) is 6. The molecule has 1 saturated carbocycles. The van der Waals surface area contributed by atoms with Crippen LogP contribution in [0, 0.1) is 5.92 Å². The zero-order chi connectivity index (χ0) is 14.5. The largest absolute Gasteiger partial charge is 0.382 e. The van der Waals surface area contributed by atoms with Gasteiger partial charge >= 0.3 is 0 Å². The van der Waals surface area contributed by atoms with Crippen molar-refractivity contribution in [2.75, 3.05) is 29.6 Å². The van der Waals surface area contributed by atoms with E-state index in [4.69, 9.17) is 5.73 Å². The summed E-state index contributed by atoms with van der Waals surface area (Å²) < 4.78 is 0. The molecule has 112 valence electrons. The molecule has 1 heterocycles. The molecule has 1 aliphatic rings. The first-order valence-electron chi connectivity index (χ1n) is 6.90. The summed E-state index contributed by atoms with van der Waals surface area (Å²) in [5.74, 6) is 1.70. The summed E-state index contributed by atoms with van der Waals surface area (Å²) >= 11 is 3.13. The molecule has 1 aromatic rings. The molecule has 0 aliphatic heterocycles. The van der Waals surface area contributed by atoms with Crippen molar-refractivity contribution in [3.8, 4) is 0 Å². The van der Waals surface area contributed by atoms with E-state index in [9.17, 15) is 4.79 Å². The van der Waals surface area contributed by atoms with E-state index in [1.165, 1.54) is 30.6 Å². The van der Waals surface area contributed by atoms with E-state index in [2.05, 4.69) is 28.8 Å². The monoisotopic (exact) mass is 314 g/mol. The van der Waals surface area contributed by atoms with E-state index in [1.807, 2.05) is 0 Å². The standard InChI is InChI=1S/C13H22N4OS2/c1-8(7-19-2)6-15-12(18)10-11(14)17-13(20-10)16-9-4-3-5-9/h8-9H,3-7,14H2,1-2H3,(H,15,18)(H,16,17). The maximum absolute atomic E-state index is 12.1. The first-order chi connectivity index (χ1) is 9.60. The van der Waals surface area contributed by atoms with Gasteiger partial charge in [0.2, 0.25) is 0 Å². The zero-order valence-corrected chi connectivity index (χ0v) is 13.6. The SMILES string of the molecule is CSCC(C)CNC(=O)c1sc(NC2CCC2)nc1N. The van der Waals surface area contributed by atoms with Gasteiger partial charge in [0.15, 0.2) is 5.13 Å². The molecular weight excluding hydrogens is 292 g/mol. The van der Waals surface area contributed by atoms with E-state index < -0.39 is 0 Å². The molecule has 1 atom stereocenters. The summed E-state index contributed by atoms with van der Waals surface area (Å²) in [6, 6.07) is 0.498. The van der Waals surface area contributed by atoms with Gasteiger partial charge < -0.3 is 16.4 Å². The van der Waals surface area contributed by atoms with Crippen molar-refractivity contribution >= 4 is 40.0 Å². The molecule has 0 saturated heterocycles. The Morgan fingerprint density at radius 2 is 2.35 bits per heavy atom. The van der Waals surface area contributed by atoms with Crippen molar-refractivity contribution in [3.05, 3.63) is 4.88 Å². The Labute approximate surface area is 128 Å². The number of carbonyl (C=O) groups excluding carboxylic acids is 1. The summed E-state index contributed by atoms with van der Waals surface area (Å²) in [6.07, 6.45) is 5.68. The van der Waals surface area contributed by atoms with Gasteiger partial charge in [-0.15, -0.1) is 0 Å². The number of nitrogens with two attached hydrogens (primary N) is 1. The highest BCUT2D eigenvalue weighted by Crippen LogP contribution is 2.29. The average molecular weight is 314 g/mol. The Morgan fingerprint density at radius 3 is 2.95 bits per heavy atom. The maximum atomic E-state index is 12.1. The number of carbonyl (C=O) groups is 1. The molecule has 1 aliphatic carbocycles. The quantitative estimate of drug-likeness (QED) is 0.720. The number of aromatic nitrogens is 1. The second kappa shape index (κ2) is 7.17. The highest BCUT2D eigenvalue weighted by Gasteiger charge is 2.21. The molecule has 1 amide bonds. The molecule has 20 heavy (non-hydrogen) atoms. The van der Waals surface area contributed by atoms with Crippen LogP contribution in [0.2, 0.25) is 0 Å². The Kier molecular flexibility index (Phi) is 5.54. The van der Waals surface area contributed by atoms with E-state index >= 15 is 0 Å². The van der Waals surface area contributed by atoms with E-state index in [0.29, 0.717) is 29.2 Å². The molecule has 0 bridgehead atoms. The predicted molar refractivity (Wildman–Crippen MR) is 87.7 cm³/mol. The first kappa shape index (κ1) is 15.4. The molecule has 1 unspecified atom stereocenters. The number of nitrogens with zero attached hydrogens (tertiary/aromatic N) is 1. The smallest absolute Gasteiger partial charge is 0.265 e. The molecular formula is C13H22N4OS2. The molecule has 2 rings (SSSR count). The molecule has 4 N–H and O–H groups in total. The number of anilines is 2. The van der Waals surface area contributed by atoms with Crippen LogP contribution in [0.1, 0.15) is 35.9 Å². The number of thioether (sulfide) groups is 1. The summed E-state index contributed by atoms with van der Waals surface area (Å²) in [4.78, 5) is 16.9. The number of nitrogens with one attached hydrogen (secondary N) is 2. The molecule has 0 aromatic carbocycles. The Bertz CT molecular complexity index is 459. The molecule has 1 fully saturated rings. The number of rotatable bonds is 7. The van der Waals surface area contributed by atoms with E-state index in [-0.39, 0.29) is 5.91 Å². The van der Waals surface area contributed by atoms with Gasteiger partial charge in [-0.25, -0.2) is 4.98 Å². The van der Waals surface area contributed by atoms with Crippen molar-refractivity contribution in [1.82, 2.24) is 10.3 Å². The molecule has 5 nitrogen and oxygen atoms in total. The van der Waals surface area contributed by atoms with Crippen LogP contribution >= 0.6 is 23.1 Å². The van der Waals surface area contributed by atoms with Crippen LogP contribution < -0.4 is 16.4 Å². The summed E-state index contributed by atoms with van der Waals surface area (Å²) in [5.41, 5.74) is 5.84. The van der Waals surface area contributed by atoms with Gasteiger partial charge in [-0.1, -0.05) is 18.3 Å². The van der Waals surface area contributed by atoms with Gasteiger partial charge in [0.05, 0.1) is 0 Å². The first-order valence-corrected chi connectivity index (χ1v) is 9.11. The summed E-state index contributed by atoms with van der Waals surface area (Å²) in [6.45, 7) is 2.79. The minimum absolute atomic E-state index is 0.116. The topological polar surface area (TPSA) is 80.0 Å². The minimum atomic E-state index is -0.116. The molecule has 1 aromatic heterocycles. The normalized spacial score (nSPS) is 16.5. The minimum Gasteiger partial charge on any atom is -0.382 e. The van der Waals surface area contributed by atoms with Crippen molar-refractivity contribution < 1.29 is 4.79 Å². The second-order valence-corrected chi connectivity index (χ2v) is 7.19. The van der Waals surface area contributed by atoms with Crippen molar-refractivity contribution in [2.24, 2.45) is 5.92 Å². The highest BCUT2D eigenvalue weighted by atomic mass is 32.2. The van der Waals surface area contributed by atoms with Crippen LogP contribution in [0.25, 0.3) is 0 Å². The summed E-state index contributed by atoms with van der Waals surface area (Å²) in [5, 5.41) is 7.01. The third-order valence-corrected chi connectivity index (χ3v) is 5.26. The van der Waals surface area contributed by atoms with Crippen molar-refractivity contribution in [3.63, 3.8) is 0 Å². The fourth-order valence-corrected chi connectivity index (χ4v) is 3.54.